The molecule has 0 saturated carbocycles. The van der Waals surface area contributed by atoms with E-state index in [1.807, 2.05) is 31.2 Å². The molecule has 190 valence electrons. The first-order valence-electron chi connectivity index (χ1n) is 11.7. The van der Waals surface area contributed by atoms with Gasteiger partial charge in [0.15, 0.2) is 0 Å². The van der Waals surface area contributed by atoms with E-state index in [9.17, 15) is 13.2 Å². The first-order chi connectivity index (χ1) is 17.2. The van der Waals surface area contributed by atoms with Crippen LogP contribution in [0.2, 0.25) is 5.02 Å². The summed E-state index contributed by atoms with van der Waals surface area (Å²) in [6.45, 7) is 5.71. The third-order valence-electron chi connectivity index (χ3n) is 6.39. The number of hydrogen-bond donors (Lipinski definition) is 0. The van der Waals surface area contributed by atoms with Crippen molar-refractivity contribution in [3.63, 3.8) is 0 Å². The van der Waals surface area contributed by atoms with Gasteiger partial charge in [0.05, 0.1) is 17.7 Å². The second-order valence-electron chi connectivity index (χ2n) is 8.82. The Bertz CT molecular complexity index is 1320. The fourth-order valence-corrected chi connectivity index (χ4v) is 5.97. The van der Waals surface area contributed by atoms with Crippen LogP contribution in [0.4, 0.5) is 11.4 Å². The summed E-state index contributed by atoms with van der Waals surface area (Å²) in [4.78, 5) is 17.4. The maximum Gasteiger partial charge on any atom is 0.264 e. The molecule has 0 N–H and O–H groups in total. The van der Waals surface area contributed by atoms with Gasteiger partial charge in [0, 0.05) is 36.9 Å². The van der Waals surface area contributed by atoms with Crippen LogP contribution in [0.25, 0.3) is 0 Å². The molecule has 36 heavy (non-hydrogen) atoms. The quantitative estimate of drug-likeness (QED) is 0.452. The van der Waals surface area contributed by atoms with E-state index in [-0.39, 0.29) is 17.3 Å². The number of halogens is 1. The molecule has 0 bridgehead atoms. The van der Waals surface area contributed by atoms with Gasteiger partial charge in [-0.05, 0) is 74.0 Å². The van der Waals surface area contributed by atoms with E-state index in [4.69, 9.17) is 16.3 Å². The minimum absolute atomic E-state index is 0.138. The number of piperazine rings is 1. The molecule has 1 aliphatic heterocycles. The number of ether oxygens (including phenoxy) is 1. The summed E-state index contributed by atoms with van der Waals surface area (Å²) in [5.74, 6) is 0.550. The van der Waals surface area contributed by atoms with Crippen LogP contribution in [0.5, 0.6) is 5.75 Å². The summed E-state index contributed by atoms with van der Waals surface area (Å²) in [6, 6.07) is 19.4. The zero-order valence-corrected chi connectivity index (χ0v) is 22.2. The number of benzene rings is 3. The highest BCUT2D eigenvalue weighted by molar-refractivity contribution is 7.92. The fraction of sp³-hybridized carbons (Fsp3) is 0.296. The summed E-state index contributed by atoms with van der Waals surface area (Å²) in [5.41, 5.74) is 3.12. The standard InChI is InChI=1S/C27H30ClN3O4S/c1-20-4-11-25(12-5-20)36(33,34)31(26-13-6-22(28)18-21(26)2)19-27(32)30-16-14-29(15-17-30)23-7-9-24(35-3)10-8-23/h4-13,18H,14-17,19H2,1-3H3. The van der Waals surface area contributed by atoms with Gasteiger partial charge in [-0.3, -0.25) is 9.10 Å². The molecule has 3 aromatic rings. The number of sulfonamides is 1. The minimum Gasteiger partial charge on any atom is -0.497 e. The van der Waals surface area contributed by atoms with Crippen LogP contribution in [0, 0.1) is 13.8 Å². The van der Waals surface area contributed by atoms with E-state index in [0.29, 0.717) is 42.5 Å². The molecule has 0 spiro atoms. The monoisotopic (exact) mass is 527 g/mol. The average molecular weight is 528 g/mol. The van der Waals surface area contributed by atoms with Crippen molar-refractivity contribution in [3.8, 4) is 5.75 Å². The normalized spacial score (nSPS) is 14.0. The SMILES string of the molecule is COc1ccc(N2CCN(C(=O)CN(c3ccc(Cl)cc3C)S(=O)(=O)c3ccc(C)cc3)CC2)cc1. The molecule has 3 aromatic carbocycles. The second kappa shape index (κ2) is 10.8. The van der Waals surface area contributed by atoms with Gasteiger partial charge in [0.25, 0.3) is 10.0 Å². The lowest BCUT2D eigenvalue weighted by Gasteiger charge is -2.37. The van der Waals surface area contributed by atoms with Crippen LogP contribution in [0.15, 0.2) is 71.6 Å². The van der Waals surface area contributed by atoms with E-state index in [2.05, 4.69) is 4.90 Å². The summed E-state index contributed by atoms with van der Waals surface area (Å²) >= 11 is 6.12. The van der Waals surface area contributed by atoms with Crippen LogP contribution in [0.3, 0.4) is 0 Å². The Kier molecular flexibility index (Phi) is 7.76. The summed E-state index contributed by atoms with van der Waals surface area (Å²) in [6.07, 6.45) is 0. The van der Waals surface area contributed by atoms with E-state index in [1.165, 1.54) is 4.31 Å². The molecule has 4 rings (SSSR count). The Labute approximate surface area is 217 Å². The number of methoxy groups -OCH3 is 1. The molecule has 1 fully saturated rings. The molecular formula is C27H30ClN3O4S. The molecule has 0 aliphatic carbocycles. The van der Waals surface area contributed by atoms with Crippen molar-refractivity contribution < 1.29 is 17.9 Å². The number of carbonyl (C=O) groups excluding carboxylic acids is 1. The highest BCUT2D eigenvalue weighted by atomic mass is 35.5. The summed E-state index contributed by atoms with van der Waals surface area (Å²) in [5, 5.41) is 0.505. The predicted molar refractivity (Wildman–Crippen MR) is 144 cm³/mol. The molecule has 9 heteroatoms. The lowest BCUT2D eigenvalue weighted by Crippen LogP contribution is -2.52. The smallest absolute Gasteiger partial charge is 0.264 e. The zero-order valence-electron chi connectivity index (χ0n) is 20.6. The van der Waals surface area contributed by atoms with Crippen LogP contribution >= 0.6 is 11.6 Å². The Morgan fingerprint density at radius 3 is 2.17 bits per heavy atom. The first-order valence-corrected chi connectivity index (χ1v) is 13.5. The number of rotatable bonds is 7. The third kappa shape index (κ3) is 5.60. The first kappa shape index (κ1) is 25.9. The van der Waals surface area contributed by atoms with Gasteiger partial charge in [0.1, 0.15) is 12.3 Å². The number of aryl methyl sites for hydroxylation is 2. The molecule has 1 saturated heterocycles. The molecule has 0 aromatic heterocycles. The van der Waals surface area contributed by atoms with Crippen molar-refractivity contribution in [3.05, 3.63) is 82.9 Å². The minimum atomic E-state index is -3.98. The Morgan fingerprint density at radius 2 is 1.58 bits per heavy atom. The van der Waals surface area contributed by atoms with Gasteiger partial charge in [-0.2, -0.15) is 0 Å². The highest BCUT2D eigenvalue weighted by Gasteiger charge is 2.31. The van der Waals surface area contributed by atoms with E-state index in [0.717, 1.165) is 17.0 Å². The number of nitrogens with zero attached hydrogens (tertiary/aromatic N) is 3. The van der Waals surface area contributed by atoms with Crippen LogP contribution in [0.1, 0.15) is 11.1 Å². The number of hydrogen-bond acceptors (Lipinski definition) is 5. The van der Waals surface area contributed by atoms with Gasteiger partial charge < -0.3 is 14.5 Å². The van der Waals surface area contributed by atoms with Gasteiger partial charge >= 0.3 is 0 Å². The van der Waals surface area contributed by atoms with Crippen molar-refractivity contribution >= 4 is 38.9 Å². The molecule has 7 nitrogen and oxygen atoms in total. The summed E-state index contributed by atoms with van der Waals surface area (Å²) in [7, 11) is -2.35. The maximum atomic E-state index is 13.7. The van der Waals surface area contributed by atoms with Crippen molar-refractivity contribution in [1.29, 1.82) is 0 Å². The maximum absolute atomic E-state index is 13.7. The van der Waals surface area contributed by atoms with Gasteiger partial charge in [-0.25, -0.2) is 8.42 Å². The van der Waals surface area contributed by atoms with Gasteiger partial charge in [0.2, 0.25) is 5.91 Å². The molecule has 1 aliphatic rings. The molecule has 0 radical (unpaired) electrons. The third-order valence-corrected chi connectivity index (χ3v) is 8.39. The van der Waals surface area contributed by atoms with Gasteiger partial charge in [-0.15, -0.1) is 0 Å². The van der Waals surface area contributed by atoms with E-state index >= 15 is 0 Å². The molecule has 1 amide bonds. The van der Waals surface area contributed by atoms with Gasteiger partial charge in [-0.1, -0.05) is 29.3 Å². The van der Waals surface area contributed by atoms with E-state index in [1.54, 1.807) is 61.4 Å². The van der Waals surface area contributed by atoms with Crippen LogP contribution in [-0.4, -0.2) is 59.1 Å². The van der Waals surface area contributed by atoms with Crippen molar-refractivity contribution in [2.45, 2.75) is 18.7 Å². The second-order valence-corrected chi connectivity index (χ2v) is 11.1. The Hall–Kier alpha value is -3.23. The topological polar surface area (TPSA) is 70.2 Å². The molecular weight excluding hydrogens is 498 g/mol. The Morgan fingerprint density at radius 1 is 0.944 bits per heavy atom. The molecule has 1 heterocycles. The number of carbonyl (C=O) groups is 1. The molecule has 0 unspecified atom stereocenters. The van der Waals surface area contributed by atoms with E-state index < -0.39 is 10.0 Å². The largest absolute Gasteiger partial charge is 0.497 e. The summed E-state index contributed by atoms with van der Waals surface area (Å²) < 4.78 is 33.8. The lowest BCUT2D eigenvalue weighted by atomic mass is 10.2. The Balaban J connectivity index is 1.54. The lowest BCUT2D eigenvalue weighted by molar-refractivity contribution is -0.129. The van der Waals surface area contributed by atoms with Crippen molar-refractivity contribution in [2.24, 2.45) is 0 Å². The number of amides is 1. The van der Waals surface area contributed by atoms with Crippen LogP contribution < -0.4 is 13.9 Å². The van der Waals surface area contributed by atoms with Crippen molar-refractivity contribution in [1.82, 2.24) is 4.90 Å². The average Bonchev–Trinajstić information content (AvgIpc) is 2.88. The zero-order chi connectivity index (χ0) is 25.9. The highest BCUT2D eigenvalue weighted by Crippen LogP contribution is 2.29. The van der Waals surface area contributed by atoms with Crippen molar-refractivity contribution in [2.75, 3.05) is 49.0 Å². The van der Waals surface area contributed by atoms with Crippen LogP contribution in [-0.2, 0) is 14.8 Å². The molecule has 0 atom stereocenters. The fourth-order valence-electron chi connectivity index (χ4n) is 4.27. The number of anilines is 2. The predicted octanol–water partition coefficient (Wildman–Crippen LogP) is 4.51.